The van der Waals surface area contributed by atoms with Crippen molar-refractivity contribution in [1.29, 1.82) is 0 Å². The number of esters is 1. The predicted octanol–water partition coefficient (Wildman–Crippen LogP) is 3.76. The molecule has 1 aliphatic rings. The van der Waals surface area contributed by atoms with Crippen LogP contribution in [0.5, 0.6) is 0 Å². The van der Waals surface area contributed by atoms with Crippen LogP contribution in [0.2, 0.25) is 0 Å². The molecule has 0 bridgehead atoms. The minimum Gasteiger partial charge on any atom is -0.467 e. The third kappa shape index (κ3) is 4.66. The molecule has 2 N–H and O–H groups in total. The summed E-state index contributed by atoms with van der Waals surface area (Å²) in [4.78, 5) is 44.8. The molecule has 1 aliphatic heterocycles. The monoisotopic (exact) mass is 500 g/mol. The Kier molecular flexibility index (Phi) is 7.23. The van der Waals surface area contributed by atoms with Gasteiger partial charge in [0.25, 0.3) is 5.56 Å². The second-order valence-electron chi connectivity index (χ2n) is 7.33. The molecular formula is C23H24N4O5S2. The number of furan rings is 1. The van der Waals surface area contributed by atoms with E-state index in [9.17, 15) is 14.4 Å². The number of nitrogens with one attached hydrogen (secondary N) is 2. The molecule has 0 aromatic carbocycles. The number of urea groups is 1. The van der Waals surface area contributed by atoms with Gasteiger partial charge in [-0.25, -0.2) is 14.6 Å². The summed E-state index contributed by atoms with van der Waals surface area (Å²) in [5, 5.41) is 6.48. The van der Waals surface area contributed by atoms with Crippen molar-refractivity contribution in [2.24, 2.45) is 0 Å². The summed E-state index contributed by atoms with van der Waals surface area (Å²) in [6.45, 7) is 7.96. The van der Waals surface area contributed by atoms with E-state index in [1.54, 1.807) is 29.7 Å². The topological polar surface area (TPSA) is 115 Å². The first kappa shape index (κ1) is 23.8. The highest BCUT2D eigenvalue weighted by Gasteiger charge is 2.35. The first-order valence-corrected chi connectivity index (χ1v) is 12.5. The van der Waals surface area contributed by atoms with Crippen molar-refractivity contribution in [1.82, 2.24) is 20.2 Å². The van der Waals surface area contributed by atoms with E-state index in [2.05, 4.69) is 17.2 Å². The average molecular weight is 501 g/mol. The van der Waals surface area contributed by atoms with Gasteiger partial charge in [-0.3, -0.25) is 9.36 Å². The van der Waals surface area contributed by atoms with Crippen LogP contribution >= 0.6 is 23.1 Å². The van der Waals surface area contributed by atoms with Gasteiger partial charge in [-0.15, -0.1) is 17.9 Å². The SMILES string of the molecule is C=CCn1c(SCC2=C(C(=O)OCC)[C@@H](c3ccco3)NC(=O)N2)nc2sc(CC)cc2c1=O. The van der Waals surface area contributed by atoms with Crippen LogP contribution in [0.1, 0.15) is 30.5 Å². The first-order valence-electron chi connectivity index (χ1n) is 10.7. The smallest absolute Gasteiger partial charge is 0.338 e. The summed E-state index contributed by atoms with van der Waals surface area (Å²) >= 11 is 2.73. The first-order chi connectivity index (χ1) is 16.5. The number of thiophene rings is 1. The zero-order valence-electron chi connectivity index (χ0n) is 18.8. The molecule has 0 unspecified atom stereocenters. The van der Waals surface area contributed by atoms with Crippen molar-refractivity contribution in [2.45, 2.75) is 38.0 Å². The van der Waals surface area contributed by atoms with Gasteiger partial charge in [-0.2, -0.15) is 0 Å². The molecule has 0 spiro atoms. The molecule has 0 saturated heterocycles. The molecule has 4 rings (SSSR count). The van der Waals surface area contributed by atoms with Crippen LogP contribution in [-0.4, -0.2) is 33.9 Å². The van der Waals surface area contributed by atoms with E-state index in [1.807, 2.05) is 13.0 Å². The number of fused-ring (bicyclic) bond motifs is 1. The van der Waals surface area contributed by atoms with E-state index in [0.717, 1.165) is 11.3 Å². The van der Waals surface area contributed by atoms with Gasteiger partial charge in [0.05, 0.1) is 23.8 Å². The number of nitrogens with zero attached hydrogens (tertiary/aromatic N) is 2. The molecular weight excluding hydrogens is 476 g/mol. The Hall–Kier alpha value is -3.31. The Labute approximate surface area is 203 Å². The number of carbonyl (C=O) groups excluding carboxylic acids is 2. The van der Waals surface area contributed by atoms with Crippen molar-refractivity contribution >= 4 is 45.3 Å². The highest BCUT2D eigenvalue weighted by Crippen LogP contribution is 2.31. The zero-order chi connectivity index (χ0) is 24.2. The molecule has 34 heavy (non-hydrogen) atoms. The van der Waals surface area contributed by atoms with E-state index in [-0.39, 0.29) is 30.0 Å². The molecule has 3 aromatic rings. The molecule has 0 fully saturated rings. The number of carbonyl (C=O) groups is 2. The molecule has 178 valence electrons. The Balaban J connectivity index is 1.75. The summed E-state index contributed by atoms with van der Waals surface area (Å²) in [7, 11) is 0. The fourth-order valence-corrected chi connectivity index (χ4v) is 5.59. The van der Waals surface area contributed by atoms with E-state index in [4.69, 9.17) is 14.1 Å². The third-order valence-electron chi connectivity index (χ3n) is 5.15. The van der Waals surface area contributed by atoms with Crippen LogP contribution in [0.4, 0.5) is 4.79 Å². The molecule has 1 atom stereocenters. The average Bonchev–Trinajstić information content (AvgIpc) is 3.49. The highest BCUT2D eigenvalue weighted by atomic mass is 32.2. The summed E-state index contributed by atoms with van der Waals surface area (Å²) in [6, 6.07) is 3.97. The summed E-state index contributed by atoms with van der Waals surface area (Å²) in [5.41, 5.74) is 0.464. The van der Waals surface area contributed by atoms with Gasteiger partial charge in [-0.1, -0.05) is 24.8 Å². The van der Waals surface area contributed by atoms with Gasteiger partial charge >= 0.3 is 12.0 Å². The molecule has 4 heterocycles. The van der Waals surface area contributed by atoms with Gasteiger partial charge in [0.1, 0.15) is 16.6 Å². The van der Waals surface area contributed by atoms with Crippen LogP contribution in [0, 0.1) is 0 Å². The molecule has 11 heteroatoms. The van der Waals surface area contributed by atoms with Crippen molar-refractivity contribution < 1.29 is 18.7 Å². The van der Waals surface area contributed by atoms with Gasteiger partial charge in [-0.05, 0) is 31.5 Å². The lowest BCUT2D eigenvalue weighted by molar-refractivity contribution is -0.139. The number of hydrogen-bond donors (Lipinski definition) is 2. The van der Waals surface area contributed by atoms with Gasteiger partial charge in [0.15, 0.2) is 5.16 Å². The summed E-state index contributed by atoms with van der Waals surface area (Å²) < 4.78 is 12.3. The largest absolute Gasteiger partial charge is 0.467 e. The fourth-order valence-electron chi connectivity index (χ4n) is 3.61. The number of ether oxygens (including phenoxy) is 1. The molecule has 9 nitrogen and oxygen atoms in total. The number of aromatic nitrogens is 2. The lowest BCUT2D eigenvalue weighted by Gasteiger charge is -2.27. The number of rotatable bonds is 9. The van der Waals surface area contributed by atoms with Crippen LogP contribution in [0.25, 0.3) is 10.2 Å². The molecule has 0 saturated carbocycles. The van der Waals surface area contributed by atoms with E-state index in [0.29, 0.717) is 26.8 Å². The maximum atomic E-state index is 13.1. The summed E-state index contributed by atoms with van der Waals surface area (Å²) in [6.07, 6.45) is 3.92. The van der Waals surface area contributed by atoms with Gasteiger partial charge in [0, 0.05) is 22.9 Å². The van der Waals surface area contributed by atoms with Crippen molar-refractivity contribution in [3.63, 3.8) is 0 Å². The van der Waals surface area contributed by atoms with Crippen LogP contribution in [0.3, 0.4) is 0 Å². The molecule has 2 amide bonds. The second kappa shape index (κ2) is 10.3. The number of aryl methyl sites for hydroxylation is 1. The van der Waals surface area contributed by atoms with Crippen molar-refractivity contribution in [3.05, 3.63) is 69.4 Å². The molecule has 0 radical (unpaired) electrons. The van der Waals surface area contributed by atoms with E-state index in [1.165, 1.54) is 29.4 Å². The minimum atomic E-state index is -0.798. The lowest BCUT2D eigenvalue weighted by Crippen LogP contribution is -2.46. The lowest BCUT2D eigenvalue weighted by atomic mass is 10.0. The molecule has 0 aliphatic carbocycles. The van der Waals surface area contributed by atoms with E-state index >= 15 is 0 Å². The Morgan fingerprint density at radius 1 is 1.41 bits per heavy atom. The van der Waals surface area contributed by atoms with Crippen molar-refractivity contribution in [2.75, 3.05) is 12.4 Å². The Bertz CT molecular complexity index is 1320. The minimum absolute atomic E-state index is 0.147. The third-order valence-corrected chi connectivity index (χ3v) is 7.33. The van der Waals surface area contributed by atoms with Gasteiger partial charge in [0.2, 0.25) is 0 Å². The predicted molar refractivity (Wildman–Crippen MR) is 131 cm³/mol. The van der Waals surface area contributed by atoms with E-state index < -0.39 is 18.0 Å². The quantitative estimate of drug-likeness (QED) is 0.199. The van der Waals surface area contributed by atoms with Crippen LogP contribution in [-0.2, 0) is 22.5 Å². The summed E-state index contributed by atoms with van der Waals surface area (Å²) in [5.74, 6) is 0.0267. The fraction of sp³-hybridized carbons (Fsp3) is 0.304. The second-order valence-corrected chi connectivity index (χ2v) is 9.39. The zero-order valence-corrected chi connectivity index (χ0v) is 20.4. The number of hydrogen-bond acceptors (Lipinski definition) is 8. The standard InChI is InChI=1S/C23H24N4O5S2/c1-4-9-27-20(28)14-11-13(5-2)34-19(14)26-23(27)33-12-15-17(21(29)31-6-3)18(25-22(30)24-15)16-8-7-10-32-16/h4,7-8,10-11,18H,1,5-6,9,12H2,2-3H3,(H2,24,25,30)/t18-/m1/s1. The normalized spacial score (nSPS) is 15.8. The van der Waals surface area contributed by atoms with Crippen molar-refractivity contribution in [3.8, 4) is 0 Å². The van der Waals surface area contributed by atoms with Crippen LogP contribution in [0.15, 0.2) is 62.8 Å². The highest BCUT2D eigenvalue weighted by molar-refractivity contribution is 7.99. The Morgan fingerprint density at radius 2 is 2.24 bits per heavy atom. The van der Waals surface area contributed by atoms with Crippen LogP contribution < -0.4 is 16.2 Å². The number of allylic oxidation sites excluding steroid dienone is 1. The molecule has 3 aromatic heterocycles. The number of amides is 2. The van der Waals surface area contributed by atoms with Gasteiger partial charge < -0.3 is 19.8 Å². The number of thioether (sulfide) groups is 1. The Morgan fingerprint density at radius 3 is 2.91 bits per heavy atom. The maximum absolute atomic E-state index is 13.1. The maximum Gasteiger partial charge on any atom is 0.338 e.